The molecule has 7 nitrogen and oxygen atoms in total. The first kappa shape index (κ1) is 23.6. The zero-order chi connectivity index (χ0) is 22.8. The molecular formula is C25H35N5O2. The molecule has 2 aromatic rings. The second-order valence-electron chi connectivity index (χ2n) is 8.51. The van der Waals surface area contributed by atoms with Crippen LogP contribution in [-0.4, -0.2) is 48.9 Å². The van der Waals surface area contributed by atoms with Gasteiger partial charge in [-0.15, -0.1) is 0 Å². The Hall–Kier alpha value is -3.09. The lowest BCUT2D eigenvalue weighted by Gasteiger charge is -2.31. The molecular weight excluding hydrogens is 402 g/mol. The Balaban J connectivity index is 1.61. The van der Waals surface area contributed by atoms with E-state index in [1.54, 1.807) is 11.1 Å². The first-order chi connectivity index (χ1) is 15.5. The molecule has 32 heavy (non-hydrogen) atoms. The van der Waals surface area contributed by atoms with Crippen LogP contribution in [0.4, 0.5) is 0 Å². The summed E-state index contributed by atoms with van der Waals surface area (Å²) in [5, 5.41) is 6.71. The lowest BCUT2D eigenvalue weighted by Crippen LogP contribution is -2.49. The van der Waals surface area contributed by atoms with Crippen LogP contribution in [0.3, 0.4) is 0 Å². The molecule has 7 heteroatoms. The summed E-state index contributed by atoms with van der Waals surface area (Å²) in [5.74, 6) is 1.50. The number of aromatic nitrogens is 1. The number of hydrogen-bond acceptors (Lipinski definition) is 4. The fourth-order valence-electron chi connectivity index (χ4n) is 4.12. The van der Waals surface area contributed by atoms with Crippen molar-refractivity contribution in [2.75, 3.05) is 27.2 Å². The van der Waals surface area contributed by atoms with Crippen molar-refractivity contribution in [2.45, 2.75) is 45.8 Å². The fraction of sp³-hybridized carbons (Fsp3) is 0.480. The van der Waals surface area contributed by atoms with E-state index in [0.717, 1.165) is 43.4 Å². The van der Waals surface area contributed by atoms with Crippen molar-refractivity contribution in [3.8, 4) is 5.88 Å². The highest BCUT2D eigenvalue weighted by atomic mass is 16.5. The molecule has 1 aromatic heterocycles. The van der Waals surface area contributed by atoms with Gasteiger partial charge in [0.15, 0.2) is 5.96 Å². The van der Waals surface area contributed by atoms with E-state index >= 15 is 0 Å². The molecule has 172 valence electrons. The summed E-state index contributed by atoms with van der Waals surface area (Å²) >= 11 is 0. The molecule has 0 saturated heterocycles. The third kappa shape index (κ3) is 6.45. The maximum Gasteiger partial charge on any atom is 0.230 e. The lowest BCUT2D eigenvalue weighted by atomic mass is 9.84. The number of rotatable bonds is 9. The van der Waals surface area contributed by atoms with Gasteiger partial charge < -0.3 is 20.3 Å². The van der Waals surface area contributed by atoms with Crippen LogP contribution in [0.1, 0.15) is 43.7 Å². The number of guanidine groups is 1. The van der Waals surface area contributed by atoms with Crippen LogP contribution in [0.2, 0.25) is 0 Å². The molecule has 1 aromatic carbocycles. The highest BCUT2D eigenvalue weighted by Crippen LogP contribution is 2.38. The topological polar surface area (TPSA) is 78.9 Å². The molecule has 1 aliphatic carbocycles. The van der Waals surface area contributed by atoms with Crippen molar-refractivity contribution in [1.29, 1.82) is 0 Å². The first-order valence-corrected chi connectivity index (χ1v) is 11.4. The van der Waals surface area contributed by atoms with Crippen LogP contribution in [-0.2, 0) is 17.9 Å². The number of nitrogens with one attached hydrogen (secondary N) is 2. The Morgan fingerprint density at radius 3 is 2.56 bits per heavy atom. The van der Waals surface area contributed by atoms with E-state index < -0.39 is 0 Å². The van der Waals surface area contributed by atoms with Gasteiger partial charge in [-0.1, -0.05) is 43.2 Å². The van der Waals surface area contributed by atoms with Gasteiger partial charge in [-0.25, -0.2) is 9.98 Å². The molecule has 0 atom stereocenters. The molecule has 0 bridgehead atoms. The monoisotopic (exact) mass is 437 g/mol. The summed E-state index contributed by atoms with van der Waals surface area (Å²) in [6.07, 6.45) is 5.77. The van der Waals surface area contributed by atoms with Gasteiger partial charge in [0, 0.05) is 39.4 Å². The second kappa shape index (κ2) is 11.5. The predicted molar refractivity (Wildman–Crippen MR) is 127 cm³/mol. The quantitative estimate of drug-likeness (QED) is 0.465. The number of benzene rings is 1. The number of ether oxygens (including phenoxy) is 1. The number of pyridine rings is 1. The Kier molecular flexibility index (Phi) is 8.48. The second-order valence-corrected chi connectivity index (χ2v) is 8.51. The van der Waals surface area contributed by atoms with Gasteiger partial charge in [-0.2, -0.15) is 0 Å². The summed E-state index contributed by atoms with van der Waals surface area (Å²) in [6, 6.07) is 13.9. The van der Waals surface area contributed by atoms with Gasteiger partial charge in [0.1, 0.15) is 6.61 Å². The van der Waals surface area contributed by atoms with Crippen molar-refractivity contribution in [3.63, 3.8) is 0 Å². The molecule has 0 unspecified atom stereocenters. The Morgan fingerprint density at radius 2 is 1.88 bits per heavy atom. The minimum absolute atomic E-state index is 0.202. The number of amides is 1. The molecule has 0 aliphatic heterocycles. The number of carbonyl (C=O) groups excluding carboxylic acids is 1. The SMILES string of the molecule is CCNC(=NCc1ccnc(OCc2ccccc2)c1)NCC1(C(=O)N(C)C)CCCC1. The van der Waals surface area contributed by atoms with E-state index in [9.17, 15) is 4.79 Å². The van der Waals surface area contributed by atoms with Gasteiger partial charge in [0.25, 0.3) is 0 Å². The zero-order valence-electron chi connectivity index (χ0n) is 19.4. The fourth-order valence-corrected chi connectivity index (χ4v) is 4.12. The third-order valence-corrected chi connectivity index (χ3v) is 5.81. The highest BCUT2D eigenvalue weighted by molar-refractivity contribution is 5.85. The van der Waals surface area contributed by atoms with Crippen molar-refractivity contribution in [3.05, 3.63) is 59.8 Å². The summed E-state index contributed by atoms with van der Waals surface area (Å²) in [6.45, 7) is 4.36. The molecule has 2 N–H and O–H groups in total. The Labute approximate surface area is 191 Å². The lowest BCUT2D eigenvalue weighted by molar-refractivity contribution is -0.138. The number of aliphatic imine (C=N–C) groups is 1. The van der Waals surface area contributed by atoms with E-state index in [0.29, 0.717) is 31.5 Å². The molecule has 1 amide bonds. The van der Waals surface area contributed by atoms with Gasteiger partial charge >= 0.3 is 0 Å². The van der Waals surface area contributed by atoms with E-state index in [-0.39, 0.29) is 11.3 Å². The molecule has 1 saturated carbocycles. The Morgan fingerprint density at radius 1 is 1.12 bits per heavy atom. The van der Waals surface area contributed by atoms with Crippen molar-refractivity contribution in [2.24, 2.45) is 10.4 Å². The van der Waals surface area contributed by atoms with Crippen LogP contribution >= 0.6 is 0 Å². The maximum atomic E-state index is 12.8. The summed E-state index contributed by atoms with van der Waals surface area (Å²) < 4.78 is 5.83. The normalized spacial score (nSPS) is 15.3. The number of hydrogen-bond donors (Lipinski definition) is 2. The highest BCUT2D eigenvalue weighted by Gasteiger charge is 2.42. The molecule has 0 spiro atoms. The van der Waals surface area contributed by atoms with Gasteiger partial charge in [-0.3, -0.25) is 4.79 Å². The molecule has 1 fully saturated rings. The molecule has 0 radical (unpaired) electrons. The summed E-state index contributed by atoms with van der Waals surface area (Å²) in [4.78, 5) is 23.6. The minimum Gasteiger partial charge on any atom is -0.473 e. The van der Waals surface area contributed by atoms with Gasteiger partial charge in [0.2, 0.25) is 11.8 Å². The van der Waals surface area contributed by atoms with Crippen LogP contribution in [0, 0.1) is 5.41 Å². The standard InChI is InChI=1S/C25H35N5O2/c1-4-26-24(29-19-25(13-8-9-14-25)23(31)30(2)3)28-17-21-12-15-27-22(16-21)32-18-20-10-6-5-7-11-20/h5-7,10-12,15-16H,4,8-9,13-14,17-19H2,1-3H3,(H2,26,28,29). The van der Waals surface area contributed by atoms with E-state index in [1.165, 1.54) is 0 Å². The smallest absolute Gasteiger partial charge is 0.230 e. The Bertz CT molecular complexity index is 892. The first-order valence-electron chi connectivity index (χ1n) is 11.4. The summed E-state index contributed by atoms with van der Waals surface area (Å²) in [5.41, 5.74) is 1.78. The largest absolute Gasteiger partial charge is 0.473 e. The number of carbonyl (C=O) groups is 1. The van der Waals surface area contributed by atoms with E-state index in [4.69, 9.17) is 9.73 Å². The van der Waals surface area contributed by atoms with Crippen molar-refractivity contribution < 1.29 is 9.53 Å². The van der Waals surface area contributed by atoms with Crippen LogP contribution < -0.4 is 15.4 Å². The maximum absolute atomic E-state index is 12.8. The van der Waals surface area contributed by atoms with Crippen molar-refractivity contribution in [1.82, 2.24) is 20.5 Å². The number of nitrogens with zero attached hydrogens (tertiary/aromatic N) is 3. The van der Waals surface area contributed by atoms with Gasteiger partial charge in [-0.05, 0) is 37.0 Å². The van der Waals surface area contributed by atoms with Crippen LogP contribution in [0.15, 0.2) is 53.7 Å². The minimum atomic E-state index is -0.338. The zero-order valence-corrected chi connectivity index (χ0v) is 19.4. The molecule has 1 aliphatic rings. The van der Waals surface area contributed by atoms with E-state index in [1.807, 2.05) is 63.5 Å². The summed E-state index contributed by atoms with van der Waals surface area (Å²) in [7, 11) is 3.67. The third-order valence-electron chi connectivity index (χ3n) is 5.81. The van der Waals surface area contributed by atoms with Crippen LogP contribution in [0.5, 0.6) is 5.88 Å². The van der Waals surface area contributed by atoms with E-state index in [2.05, 4.69) is 15.6 Å². The average Bonchev–Trinajstić information content (AvgIpc) is 3.30. The average molecular weight is 438 g/mol. The molecule has 1 heterocycles. The van der Waals surface area contributed by atoms with Gasteiger partial charge in [0.05, 0.1) is 12.0 Å². The predicted octanol–water partition coefficient (Wildman–Crippen LogP) is 3.36. The van der Waals surface area contributed by atoms with Crippen molar-refractivity contribution >= 4 is 11.9 Å². The van der Waals surface area contributed by atoms with Crippen LogP contribution in [0.25, 0.3) is 0 Å². The molecule has 3 rings (SSSR count).